The predicted octanol–water partition coefficient (Wildman–Crippen LogP) is 4.36. The Kier molecular flexibility index (Phi) is 5.72. The van der Waals surface area contributed by atoms with Crippen LogP contribution >= 0.6 is 0 Å². The van der Waals surface area contributed by atoms with E-state index in [1.54, 1.807) is 7.11 Å². The minimum Gasteiger partial charge on any atom is -0.497 e. The lowest BCUT2D eigenvalue weighted by molar-refractivity contribution is 0.414. The number of nitrogens with one attached hydrogen (secondary N) is 2. The molecule has 0 aliphatic carbocycles. The number of benzene rings is 3. The molecule has 0 heterocycles. The number of nitrogens with two attached hydrogens (primary N) is 1. The zero-order chi connectivity index (χ0) is 18.2. The second-order valence-electron chi connectivity index (χ2n) is 5.75. The molecule has 0 fully saturated rings. The van der Waals surface area contributed by atoms with E-state index >= 15 is 0 Å². The molecule has 5 nitrogen and oxygen atoms in total. The number of nitrogens with zero attached hydrogens (tertiary/aromatic N) is 1. The predicted molar refractivity (Wildman–Crippen MR) is 109 cm³/mol. The number of para-hydroxylation sites is 1. The second kappa shape index (κ2) is 8.58. The Morgan fingerprint density at radius 3 is 2.08 bits per heavy atom. The molecule has 0 saturated heterocycles. The summed E-state index contributed by atoms with van der Waals surface area (Å²) in [7, 11) is 1.66. The minimum absolute atomic E-state index is 0.543. The van der Waals surface area contributed by atoms with Crippen molar-refractivity contribution in [1.29, 1.82) is 0 Å². The molecule has 0 bridgehead atoms. The number of nitrogen functional groups attached to an aromatic ring is 1. The zero-order valence-electron chi connectivity index (χ0n) is 14.6. The summed E-state index contributed by atoms with van der Waals surface area (Å²) in [5.74, 6) is 1.50. The Bertz CT molecular complexity index is 843. The Hall–Kier alpha value is -3.47. The fraction of sp³-hybridized carbons (Fsp3) is 0.0952. The Morgan fingerprint density at radius 2 is 1.46 bits per heavy atom. The fourth-order valence-electron chi connectivity index (χ4n) is 2.37. The van der Waals surface area contributed by atoms with E-state index < -0.39 is 0 Å². The second-order valence-corrected chi connectivity index (χ2v) is 5.75. The van der Waals surface area contributed by atoms with Crippen LogP contribution in [-0.2, 0) is 6.54 Å². The normalized spacial score (nSPS) is 11.0. The first-order chi connectivity index (χ1) is 12.7. The van der Waals surface area contributed by atoms with Crippen molar-refractivity contribution >= 4 is 23.0 Å². The number of methoxy groups -OCH3 is 1. The molecule has 4 N–H and O–H groups in total. The molecule has 0 saturated carbocycles. The molecule has 0 radical (unpaired) electrons. The molecule has 0 atom stereocenters. The number of hydrogen-bond donors (Lipinski definition) is 3. The first-order valence-electron chi connectivity index (χ1n) is 8.35. The number of ether oxygens (including phenoxy) is 1. The Morgan fingerprint density at radius 1 is 0.846 bits per heavy atom. The fourth-order valence-corrected chi connectivity index (χ4v) is 2.37. The van der Waals surface area contributed by atoms with Crippen LogP contribution < -0.4 is 21.1 Å². The number of rotatable bonds is 5. The van der Waals surface area contributed by atoms with Crippen LogP contribution in [0.5, 0.6) is 5.75 Å². The van der Waals surface area contributed by atoms with Gasteiger partial charge < -0.3 is 21.1 Å². The van der Waals surface area contributed by atoms with Crippen molar-refractivity contribution in [3.05, 3.63) is 84.4 Å². The van der Waals surface area contributed by atoms with Gasteiger partial charge >= 0.3 is 0 Å². The lowest BCUT2D eigenvalue weighted by Crippen LogP contribution is -2.22. The van der Waals surface area contributed by atoms with Gasteiger partial charge in [0.2, 0.25) is 5.96 Å². The van der Waals surface area contributed by atoms with E-state index in [-0.39, 0.29) is 0 Å². The molecule has 3 rings (SSSR count). The minimum atomic E-state index is 0.543. The summed E-state index contributed by atoms with van der Waals surface area (Å²) in [5, 5.41) is 6.62. The third-order valence-corrected chi connectivity index (χ3v) is 3.79. The summed E-state index contributed by atoms with van der Waals surface area (Å²) < 4.78 is 5.19. The molecule has 3 aromatic rings. The lowest BCUT2D eigenvalue weighted by Gasteiger charge is -2.13. The van der Waals surface area contributed by atoms with Crippen LogP contribution in [-0.4, -0.2) is 13.1 Å². The van der Waals surface area contributed by atoms with Crippen molar-refractivity contribution in [3.8, 4) is 5.75 Å². The zero-order valence-corrected chi connectivity index (χ0v) is 14.6. The molecule has 132 valence electrons. The quantitative estimate of drug-likeness (QED) is 0.365. The summed E-state index contributed by atoms with van der Waals surface area (Å²) in [4.78, 5) is 4.68. The van der Waals surface area contributed by atoms with Crippen molar-refractivity contribution in [2.45, 2.75) is 6.54 Å². The van der Waals surface area contributed by atoms with Gasteiger partial charge in [0.25, 0.3) is 0 Å². The van der Waals surface area contributed by atoms with E-state index in [4.69, 9.17) is 10.5 Å². The van der Waals surface area contributed by atoms with Gasteiger partial charge in [-0.05, 0) is 54.1 Å². The first-order valence-corrected chi connectivity index (χ1v) is 8.35. The van der Waals surface area contributed by atoms with Gasteiger partial charge in [-0.15, -0.1) is 0 Å². The number of hydrogen-bond acceptors (Lipinski definition) is 3. The van der Waals surface area contributed by atoms with Crippen LogP contribution in [0.25, 0.3) is 0 Å². The van der Waals surface area contributed by atoms with Crippen LogP contribution in [0.2, 0.25) is 0 Å². The van der Waals surface area contributed by atoms with Crippen LogP contribution in [0.1, 0.15) is 5.56 Å². The first kappa shape index (κ1) is 17.4. The molecule has 0 aromatic heterocycles. The van der Waals surface area contributed by atoms with Gasteiger partial charge in [0, 0.05) is 17.1 Å². The van der Waals surface area contributed by atoms with Crippen molar-refractivity contribution in [1.82, 2.24) is 0 Å². The molecule has 0 spiro atoms. The molecule has 0 amide bonds. The number of guanidine groups is 1. The highest BCUT2D eigenvalue weighted by molar-refractivity contribution is 6.03. The van der Waals surface area contributed by atoms with Crippen LogP contribution in [0.15, 0.2) is 83.9 Å². The largest absolute Gasteiger partial charge is 0.497 e. The SMILES string of the molecule is COc1ccc(CN=C(Nc2ccccc2)Nc2ccc(N)cc2)cc1. The molecular weight excluding hydrogens is 324 g/mol. The summed E-state index contributed by atoms with van der Waals surface area (Å²) in [6.45, 7) is 0.543. The van der Waals surface area contributed by atoms with E-state index in [9.17, 15) is 0 Å². The summed E-state index contributed by atoms with van der Waals surface area (Å²) in [5.41, 5.74) is 9.45. The maximum absolute atomic E-state index is 5.76. The Labute approximate surface area is 153 Å². The lowest BCUT2D eigenvalue weighted by atomic mass is 10.2. The standard InChI is InChI=1S/C21H22N4O/c1-26-20-13-7-16(8-14-20)15-23-21(24-18-5-3-2-4-6-18)25-19-11-9-17(22)10-12-19/h2-14H,15,22H2,1H3,(H2,23,24,25). The van der Waals surface area contributed by atoms with Crippen LogP contribution in [0, 0.1) is 0 Å². The summed E-state index contributed by atoms with van der Waals surface area (Å²) >= 11 is 0. The van der Waals surface area contributed by atoms with Gasteiger partial charge in [0.1, 0.15) is 5.75 Å². The third-order valence-electron chi connectivity index (χ3n) is 3.79. The third kappa shape index (κ3) is 5.01. The molecular formula is C21H22N4O. The van der Waals surface area contributed by atoms with E-state index in [1.165, 1.54) is 0 Å². The van der Waals surface area contributed by atoms with Crippen molar-refractivity contribution < 1.29 is 4.74 Å². The topological polar surface area (TPSA) is 71.7 Å². The van der Waals surface area contributed by atoms with Gasteiger partial charge in [-0.3, -0.25) is 0 Å². The Balaban J connectivity index is 1.77. The summed E-state index contributed by atoms with van der Waals surface area (Å²) in [6, 6.07) is 25.4. The number of anilines is 3. The van der Waals surface area contributed by atoms with Crippen LogP contribution in [0.3, 0.4) is 0 Å². The van der Waals surface area contributed by atoms with Gasteiger partial charge in [-0.2, -0.15) is 0 Å². The molecule has 0 aliphatic heterocycles. The van der Waals surface area contributed by atoms with Gasteiger partial charge in [-0.25, -0.2) is 4.99 Å². The van der Waals surface area contributed by atoms with Crippen molar-refractivity contribution in [2.75, 3.05) is 23.5 Å². The highest BCUT2D eigenvalue weighted by Crippen LogP contribution is 2.14. The maximum Gasteiger partial charge on any atom is 0.200 e. The highest BCUT2D eigenvalue weighted by Gasteiger charge is 2.02. The average Bonchev–Trinajstić information content (AvgIpc) is 2.69. The van der Waals surface area contributed by atoms with Crippen molar-refractivity contribution in [3.63, 3.8) is 0 Å². The van der Waals surface area contributed by atoms with Gasteiger partial charge in [0.05, 0.1) is 13.7 Å². The molecule has 26 heavy (non-hydrogen) atoms. The number of aliphatic imine (C=N–C) groups is 1. The molecule has 0 aliphatic rings. The van der Waals surface area contributed by atoms with Crippen LogP contribution in [0.4, 0.5) is 17.1 Å². The monoisotopic (exact) mass is 346 g/mol. The van der Waals surface area contributed by atoms with E-state index in [0.29, 0.717) is 12.5 Å². The van der Waals surface area contributed by atoms with Gasteiger partial charge in [-0.1, -0.05) is 30.3 Å². The molecule has 5 heteroatoms. The molecule has 3 aromatic carbocycles. The van der Waals surface area contributed by atoms with E-state index in [2.05, 4.69) is 15.6 Å². The van der Waals surface area contributed by atoms with E-state index in [0.717, 1.165) is 28.4 Å². The van der Waals surface area contributed by atoms with Gasteiger partial charge in [0.15, 0.2) is 0 Å². The summed E-state index contributed by atoms with van der Waals surface area (Å²) in [6.07, 6.45) is 0. The maximum atomic E-state index is 5.76. The smallest absolute Gasteiger partial charge is 0.200 e. The van der Waals surface area contributed by atoms with Crippen molar-refractivity contribution in [2.24, 2.45) is 4.99 Å². The average molecular weight is 346 g/mol. The van der Waals surface area contributed by atoms with E-state index in [1.807, 2.05) is 78.9 Å². The highest BCUT2D eigenvalue weighted by atomic mass is 16.5. The molecule has 0 unspecified atom stereocenters.